The Kier molecular flexibility index (Phi) is 8.87. The van der Waals surface area contributed by atoms with Crippen LogP contribution in [0.3, 0.4) is 0 Å². The van der Waals surface area contributed by atoms with Crippen molar-refractivity contribution < 1.29 is 8.78 Å². The number of nitrogens with one attached hydrogen (secondary N) is 1. The molecule has 0 aliphatic rings. The lowest BCUT2D eigenvalue weighted by Gasteiger charge is -2.11. The van der Waals surface area contributed by atoms with Crippen LogP contribution in [0.4, 0.5) is 8.78 Å². The molecule has 0 bridgehead atoms. The maximum atomic E-state index is 12.0. The molecule has 0 aliphatic carbocycles. The normalized spacial score (nSPS) is 13.6. The summed E-state index contributed by atoms with van der Waals surface area (Å²) >= 11 is 1.83. The van der Waals surface area contributed by atoms with Crippen LogP contribution in [0, 0.1) is 0 Å². The van der Waals surface area contributed by atoms with Crippen LogP contribution in [-0.4, -0.2) is 31.0 Å². The van der Waals surface area contributed by atoms with Gasteiger partial charge in [-0.2, -0.15) is 11.8 Å². The number of hydrogen-bond acceptors (Lipinski definition) is 2. The van der Waals surface area contributed by atoms with Crippen LogP contribution in [0.5, 0.6) is 0 Å². The van der Waals surface area contributed by atoms with Gasteiger partial charge in [-0.3, -0.25) is 0 Å². The van der Waals surface area contributed by atoms with Crippen molar-refractivity contribution in [2.24, 2.45) is 0 Å². The van der Waals surface area contributed by atoms with Crippen LogP contribution in [0.2, 0.25) is 0 Å². The van der Waals surface area contributed by atoms with Crippen molar-refractivity contribution >= 4 is 11.8 Å². The van der Waals surface area contributed by atoms with E-state index in [0.717, 1.165) is 12.8 Å². The molecule has 0 amide bonds. The molecular weight excluding hydrogens is 192 g/mol. The number of halogens is 2. The molecule has 1 unspecified atom stereocenters. The summed E-state index contributed by atoms with van der Waals surface area (Å²) in [6, 6.07) is -0.666. The topological polar surface area (TPSA) is 12.0 Å². The Bertz CT molecular complexity index is 112. The second-order valence-corrected chi connectivity index (χ2v) is 4.12. The van der Waals surface area contributed by atoms with Gasteiger partial charge in [0.15, 0.2) is 0 Å². The number of rotatable bonds is 8. The summed E-state index contributed by atoms with van der Waals surface area (Å²) in [5, 5.41) is 2.80. The molecule has 0 rings (SSSR count). The standard InChI is InChI=1S/C9H19F2NS/c1-8(9(10)11)12-6-4-3-5-7-13-2/h8-9,12H,3-7H2,1-2H3. The summed E-state index contributed by atoms with van der Waals surface area (Å²) in [5.74, 6) is 1.17. The third-order valence-corrected chi connectivity index (χ3v) is 2.57. The van der Waals surface area contributed by atoms with Crippen LogP contribution < -0.4 is 5.32 Å². The van der Waals surface area contributed by atoms with Crippen molar-refractivity contribution in [1.82, 2.24) is 5.32 Å². The zero-order valence-corrected chi connectivity index (χ0v) is 9.17. The molecule has 0 radical (unpaired) electrons. The Morgan fingerprint density at radius 2 is 1.92 bits per heavy atom. The first-order valence-corrected chi connectivity index (χ1v) is 6.08. The Labute approximate surface area is 83.7 Å². The average molecular weight is 211 g/mol. The lowest BCUT2D eigenvalue weighted by Crippen LogP contribution is -2.33. The molecule has 0 heterocycles. The number of unbranched alkanes of at least 4 members (excludes halogenated alkanes) is 2. The van der Waals surface area contributed by atoms with Crippen LogP contribution in [0.25, 0.3) is 0 Å². The van der Waals surface area contributed by atoms with Crippen molar-refractivity contribution in [3.05, 3.63) is 0 Å². The van der Waals surface area contributed by atoms with Gasteiger partial charge in [-0.25, -0.2) is 8.78 Å². The molecule has 1 nitrogen and oxygen atoms in total. The Balaban J connectivity index is 3.07. The Hall–Kier alpha value is 0.170. The smallest absolute Gasteiger partial charge is 0.253 e. The molecule has 0 fully saturated rings. The van der Waals surface area contributed by atoms with Gasteiger partial charge >= 0.3 is 0 Å². The van der Waals surface area contributed by atoms with Crippen molar-refractivity contribution in [1.29, 1.82) is 0 Å². The molecule has 0 aromatic rings. The molecule has 13 heavy (non-hydrogen) atoms. The summed E-state index contributed by atoms with van der Waals surface area (Å²) in [4.78, 5) is 0. The molecule has 0 saturated carbocycles. The van der Waals surface area contributed by atoms with Crippen LogP contribution >= 0.6 is 11.8 Å². The first-order valence-electron chi connectivity index (χ1n) is 4.69. The molecular formula is C9H19F2NS. The van der Waals surface area contributed by atoms with E-state index >= 15 is 0 Å². The minimum absolute atomic E-state index is 0.666. The predicted molar refractivity (Wildman–Crippen MR) is 55.7 cm³/mol. The highest BCUT2D eigenvalue weighted by Gasteiger charge is 2.12. The van der Waals surface area contributed by atoms with E-state index in [4.69, 9.17) is 0 Å². The lowest BCUT2D eigenvalue weighted by molar-refractivity contribution is 0.106. The second-order valence-electron chi connectivity index (χ2n) is 3.13. The maximum absolute atomic E-state index is 12.0. The highest BCUT2D eigenvalue weighted by molar-refractivity contribution is 7.98. The van der Waals surface area contributed by atoms with Gasteiger partial charge in [0.25, 0.3) is 6.43 Å². The van der Waals surface area contributed by atoms with E-state index in [1.165, 1.54) is 19.1 Å². The Morgan fingerprint density at radius 1 is 1.23 bits per heavy atom. The van der Waals surface area contributed by atoms with Gasteiger partial charge in [-0.15, -0.1) is 0 Å². The zero-order chi connectivity index (χ0) is 10.1. The average Bonchev–Trinajstić information content (AvgIpc) is 2.10. The van der Waals surface area contributed by atoms with Crippen molar-refractivity contribution in [2.45, 2.75) is 38.7 Å². The van der Waals surface area contributed by atoms with Gasteiger partial charge < -0.3 is 5.32 Å². The SMILES string of the molecule is CSCCCCCNC(C)C(F)F. The van der Waals surface area contributed by atoms with Gasteiger partial charge in [0, 0.05) is 0 Å². The summed E-state index contributed by atoms with van der Waals surface area (Å²) in [7, 11) is 0. The van der Waals surface area contributed by atoms with E-state index in [0.29, 0.717) is 6.54 Å². The van der Waals surface area contributed by atoms with Crippen LogP contribution in [-0.2, 0) is 0 Å². The van der Waals surface area contributed by atoms with E-state index in [-0.39, 0.29) is 0 Å². The monoisotopic (exact) mass is 211 g/mol. The van der Waals surface area contributed by atoms with Gasteiger partial charge in [-0.05, 0) is 38.3 Å². The van der Waals surface area contributed by atoms with E-state index in [1.807, 2.05) is 11.8 Å². The molecule has 4 heteroatoms. The molecule has 0 saturated heterocycles. The van der Waals surface area contributed by atoms with Gasteiger partial charge in [-0.1, -0.05) is 6.42 Å². The number of alkyl halides is 2. The van der Waals surface area contributed by atoms with Gasteiger partial charge in [0.1, 0.15) is 0 Å². The van der Waals surface area contributed by atoms with Gasteiger partial charge in [0.05, 0.1) is 6.04 Å². The van der Waals surface area contributed by atoms with E-state index in [1.54, 1.807) is 0 Å². The van der Waals surface area contributed by atoms with E-state index < -0.39 is 12.5 Å². The predicted octanol–water partition coefficient (Wildman–Crippen LogP) is 2.76. The highest BCUT2D eigenvalue weighted by Crippen LogP contribution is 2.03. The molecule has 0 aromatic carbocycles. The zero-order valence-electron chi connectivity index (χ0n) is 8.35. The first-order chi connectivity index (χ1) is 6.18. The lowest BCUT2D eigenvalue weighted by atomic mass is 10.2. The molecule has 80 valence electrons. The number of hydrogen-bond donors (Lipinski definition) is 1. The molecule has 1 atom stereocenters. The van der Waals surface area contributed by atoms with Crippen molar-refractivity contribution in [3.8, 4) is 0 Å². The minimum atomic E-state index is -2.24. The quantitative estimate of drug-likeness (QED) is 0.620. The fourth-order valence-corrected chi connectivity index (χ4v) is 1.46. The first kappa shape index (κ1) is 13.2. The Morgan fingerprint density at radius 3 is 2.46 bits per heavy atom. The summed E-state index contributed by atoms with van der Waals surface area (Å²) < 4.78 is 24.0. The maximum Gasteiger partial charge on any atom is 0.253 e. The highest BCUT2D eigenvalue weighted by atomic mass is 32.2. The largest absolute Gasteiger partial charge is 0.309 e. The van der Waals surface area contributed by atoms with Crippen molar-refractivity contribution in [2.75, 3.05) is 18.6 Å². The van der Waals surface area contributed by atoms with Crippen LogP contribution in [0.1, 0.15) is 26.2 Å². The number of thioether (sulfide) groups is 1. The fraction of sp³-hybridized carbons (Fsp3) is 1.00. The van der Waals surface area contributed by atoms with Crippen LogP contribution in [0.15, 0.2) is 0 Å². The minimum Gasteiger partial charge on any atom is -0.309 e. The summed E-state index contributed by atoms with van der Waals surface area (Å²) in [5.41, 5.74) is 0. The van der Waals surface area contributed by atoms with Gasteiger partial charge in [0.2, 0.25) is 0 Å². The molecule has 0 aliphatic heterocycles. The third-order valence-electron chi connectivity index (χ3n) is 1.87. The van der Waals surface area contributed by atoms with E-state index in [2.05, 4.69) is 11.6 Å². The molecule has 0 aromatic heterocycles. The fourth-order valence-electron chi connectivity index (χ4n) is 0.967. The molecule has 1 N–H and O–H groups in total. The molecule has 0 spiro atoms. The van der Waals surface area contributed by atoms with Crippen molar-refractivity contribution in [3.63, 3.8) is 0 Å². The van der Waals surface area contributed by atoms with E-state index in [9.17, 15) is 8.78 Å². The summed E-state index contributed by atoms with van der Waals surface area (Å²) in [6.07, 6.45) is 3.15. The second kappa shape index (κ2) is 8.75. The third kappa shape index (κ3) is 8.50. The summed E-state index contributed by atoms with van der Waals surface area (Å²) in [6.45, 7) is 2.23.